The molecule has 2 aliphatic rings. The topological polar surface area (TPSA) is 0 Å². The molecular weight excluding hydrogens is 376 g/mol. The Morgan fingerprint density at radius 3 is 1.50 bits per heavy atom. The molecule has 2 aliphatic carbocycles. The monoisotopic (exact) mass is 411 g/mol. The summed E-state index contributed by atoms with van der Waals surface area (Å²) in [5.74, 6) is 0. The molecule has 0 aromatic heterocycles. The van der Waals surface area contributed by atoms with Gasteiger partial charge in [-0.3, -0.25) is 0 Å². The molecule has 0 atom stereocenters. The van der Waals surface area contributed by atoms with E-state index in [-0.39, 0.29) is 24.0 Å². The quantitative estimate of drug-likeness (QED) is 0.368. The van der Waals surface area contributed by atoms with Gasteiger partial charge in [0.15, 0.2) is 0 Å². The predicted molar refractivity (Wildman–Crippen MR) is 88.4 cm³/mol. The molecule has 0 aromatic carbocycles. The van der Waals surface area contributed by atoms with E-state index < -0.39 is 0 Å². The smallest absolute Gasteiger partial charge is 0.0820 e. The molecule has 2 fully saturated rings. The fourth-order valence-corrected chi connectivity index (χ4v) is 8.12. The Hall–Kier alpha value is 1.12. The highest BCUT2D eigenvalue weighted by Gasteiger charge is 2.31. The van der Waals surface area contributed by atoms with Crippen molar-refractivity contribution in [2.45, 2.75) is 75.5 Å². The first-order chi connectivity index (χ1) is 9.06. The lowest BCUT2D eigenvalue weighted by Gasteiger charge is -2.39. The van der Waals surface area contributed by atoms with Crippen LogP contribution in [0.4, 0.5) is 0 Å². The second-order valence-corrected chi connectivity index (χ2v) is 10.8. The summed E-state index contributed by atoms with van der Waals surface area (Å²) >= 11 is 0. The van der Waals surface area contributed by atoms with Crippen LogP contribution < -0.4 is 24.0 Å². The van der Waals surface area contributed by atoms with Gasteiger partial charge in [-0.2, -0.15) is 0 Å². The van der Waals surface area contributed by atoms with Crippen molar-refractivity contribution >= 4 is 7.92 Å². The zero-order chi connectivity index (χ0) is 13.7. The maximum atomic E-state index is 2.37. The molecule has 0 radical (unpaired) electrons. The number of rotatable bonds is 5. The molecule has 0 bridgehead atoms. The maximum Gasteiger partial charge on any atom is 0.0820 e. The van der Waals surface area contributed by atoms with E-state index in [1.807, 2.05) is 0 Å². The van der Waals surface area contributed by atoms with Crippen molar-refractivity contribution in [2.75, 3.05) is 33.8 Å². The van der Waals surface area contributed by atoms with Gasteiger partial charge in [-0.05, 0) is 37.0 Å². The molecule has 0 unspecified atom stereocenters. The van der Waals surface area contributed by atoms with Gasteiger partial charge in [0, 0.05) is 6.16 Å². The first-order valence-corrected chi connectivity index (χ1v) is 10.3. The SMILES string of the molecule is C[N+](C)(C)CCP(C1CCCCC1)C1CCCCC1.[I-]. The van der Waals surface area contributed by atoms with Crippen LogP contribution in [0.2, 0.25) is 0 Å². The van der Waals surface area contributed by atoms with Gasteiger partial charge < -0.3 is 28.5 Å². The van der Waals surface area contributed by atoms with E-state index in [1.54, 1.807) is 31.8 Å². The first kappa shape index (κ1) is 19.2. The van der Waals surface area contributed by atoms with Crippen LogP contribution in [0.15, 0.2) is 0 Å². The van der Waals surface area contributed by atoms with Gasteiger partial charge in [-0.25, -0.2) is 0 Å². The average Bonchev–Trinajstić information content (AvgIpc) is 2.40. The van der Waals surface area contributed by atoms with Crippen LogP contribution in [0.3, 0.4) is 0 Å². The number of nitrogens with zero attached hydrogens (tertiary/aromatic N) is 1. The van der Waals surface area contributed by atoms with Crippen LogP contribution in [0, 0.1) is 0 Å². The fourth-order valence-electron chi connectivity index (χ4n) is 3.90. The number of hydrogen-bond acceptors (Lipinski definition) is 0. The molecule has 0 heterocycles. The third-order valence-electron chi connectivity index (χ3n) is 5.12. The Bertz CT molecular complexity index is 234. The van der Waals surface area contributed by atoms with Crippen molar-refractivity contribution in [2.24, 2.45) is 0 Å². The molecule has 0 spiro atoms. The molecule has 120 valence electrons. The zero-order valence-corrected chi connectivity index (χ0v) is 17.0. The molecule has 0 aliphatic heterocycles. The van der Waals surface area contributed by atoms with Crippen molar-refractivity contribution in [3.05, 3.63) is 0 Å². The van der Waals surface area contributed by atoms with Crippen LogP contribution in [-0.4, -0.2) is 49.7 Å². The van der Waals surface area contributed by atoms with E-state index in [2.05, 4.69) is 21.1 Å². The summed E-state index contributed by atoms with van der Waals surface area (Å²) < 4.78 is 1.16. The lowest BCUT2D eigenvalue weighted by molar-refractivity contribution is -0.867. The Morgan fingerprint density at radius 2 is 1.15 bits per heavy atom. The number of quaternary nitrogens is 1. The third kappa shape index (κ3) is 6.48. The molecule has 2 rings (SSSR count). The summed E-state index contributed by atoms with van der Waals surface area (Å²) in [6, 6.07) is 0. The molecule has 1 nitrogen and oxygen atoms in total. The van der Waals surface area contributed by atoms with E-state index in [4.69, 9.17) is 0 Å². The average molecular weight is 411 g/mol. The van der Waals surface area contributed by atoms with Gasteiger partial charge >= 0.3 is 0 Å². The molecule has 0 N–H and O–H groups in total. The Labute approximate surface area is 145 Å². The van der Waals surface area contributed by atoms with Crippen molar-refractivity contribution in [3.8, 4) is 0 Å². The second-order valence-electron chi connectivity index (χ2n) is 7.84. The van der Waals surface area contributed by atoms with E-state index >= 15 is 0 Å². The predicted octanol–water partition coefficient (Wildman–Crippen LogP) is 1.84. The number of halogens is 1. The van der Waals surface area contributed by atoms with Crippen molar-refractivity contribution < 1.29 is 28.5 Å². The highest BCUT2D eigenvalue weighted by molar-refractivity contribution is 7.59. The Morgan fingerprint density at radius 1 is 0.750 bits per heavy atom. The molecule has 3 heteroatoms. The summed E-state index contributed by atoms with van der Waals surface area (Å²) in [5.41, 5.74) is 2.27. The fraction of sp³-hybridized carbons (Fsp3) is 1.00. The molecule has 20 heavy (non-hydrogen) atoms. The highest BCUT2D eigenvalue weighted by atomic mass is 127. The molecular formula is C17H35INP. The van der Waals surface area contributed by atoms with Gasteiger partial charge in [0.25, 0.3) is 0 Å². The molecule has 0 saturated heterocycles. The van der Waals surface area contributed by atoms with Gasteiger partial charge in [0.05, 0.1) is 27.7 Å². The largest absolute Gasteiger partial charge is 1.00 e. The van der Waals surface area contributed by atoms with Gasteiger partial charge in [-0.15, -0.1) is 0 Å². The number of hydrogen-bond donors (Lipinski definition) is 0. The minimum Gasteiger partial charge on any atom is -1.00 e. The van der Waals surface area contributed by atoms with Crippen LogP contribution in [-0.2, 0) is 0 Å². The van der Waals surface area contributed by atoms with Gasteiger partial charge in [-0.1, -0.05) is 46.4 Å². The van der Waals surface area contributed by atoms with Crippen LogP contribution >= 0.6 is 7.92 Å². The van der Waals surface area contributed by atoms with Crippen LogP contribution in [0.5, 0.6) is 0 Å². The minimum atomic E-state index is 0. The summed E-state index contributed by atoms with van der Waals surface area (Å²) in [6.45, 7) is 1.40. The summed E-state index contributed by atoms with van der Waals surface area (Å²) in [4.78, 5) is 0. The van der Waals surface area contributed by atoms with Crippen molar-refractivity contribution in [3.63, 3.8) is 0 Å². The van der Waals surface area contributed by atoms with E-state index in [9.17, 15) is 0 Å². The summed E-state index contributed by atoms with van der Waals surface area (Å²) in [6.07, 6.45) is 17.0. The van der Waals surface area contributed by atoms with E-state index in [1.165, 1.54) is 45.1 Å². The van der Waals surface area contributed by atoms with Gasteiger partial charge in [0.2, 0.25) is 0 Å². The van der Waals surface area contributed by atoms with E-state index in [0.29, 0.717) is 7.92 Å². The summed E-state index contributed by atoms with van der Waals surface area (Å²) in [5, 5.41) is 0. The molecule has 0 aromatic rings. The molecule has 0 amide bonds. The Kier molecular flexibility index (Phi) is 8.91. The lowest BCUT2D eigenvalue weighted by atomic mass is 9.99. The maximum absolute atomic E-state index is 2.37. The lowest BCUT2D eigenvalue weighted by Crippen LogP contribution is -3.00. The highest BCUT2D eigenvalue weighted by Crippen LogP contribution is 2.55. The normalized spacial score (nSPS) is 22.8. The summed E-state index contributed by atoms with van der Waals surface area (Å²) in [7, 11) is 7.43. The van der Waals surface area contributed by atoms with Gasteiger partial charge in [0.1, 0.15) is 0 Å². The first-order valence-electron chi connectivity index (χ1n) is 8.62. The van der Waals surface area contributed by atoms with Crippen LogP contribution in [0.25, 0.3) is 0 Å². The van der Waals surface area contributed by atoms with Crippen molar-refractivity contribution in [1.82, 2.24) is 0 Å². The minimum absolute atomic E-state index is 0. The van der Waals surface area contributed by atoms with Crippen molar-refractivity contribution in [1.29, 1.82) is 0 Å². The zero-order valence-electron chi connectivity index (χ0n) is 13.9. The van der Waals surface area contributed by atoms with E-state index in [0.717, 1.165) is 15.8 Å². The second kappa shape index (κ2) is 9.30. The standard InChI is InChI=1S/C17H35NP.HI/c1-18(2,3)14-15-19(16-10-6-4-7-11-16)17-12-8-5-9-13-17;/h16-17H,4-15H2,1-3H3;1H/q+1;/p-1. The third-order valence-corrected chi connectivity index (χ3v) is 8.74. The molecule has 2 saturated carbocycles. The van der Waals surface area contributed by atoms with Crippen LogP contribution in [0.1, 0.15) is 64.2 Å². The Balaban J connectivity index is 0.00000200.